The maximum atomic E-state index is 12.4. The molecule has 1 amide bonds. The van der Waals surface area contributed by atoms with E-state index in [1.807, 2.05) is 49.9 Å². The third kappa shape index (κ3) is 3.90. The lowest BCUT2D eigenvalue weighted by Crippen LogP contribution is -2.46. The number of benzene rings is 1. The minimum absolute atomic E-state index is 0.106. The van der Waals surface area contributed by atoms with Crippen LogP contribution in [0.5, 0.6) is 11.5 Å². The van der Waals surface area contributed by atoms with E-state index in [1.165, 1.54) is 0 Å². The van der Waals surface area contributed by atoms with Gasteiger partial charge in [0.25, 0.3) is 0 Å². The standard InChI is InChI=1S/C16H22BrNO3/c1-4-18(16(19)15(17)11(2)3)9-12-10-20-13-7-5-6-8-14(13)21-12/h5-8,11-12,15H,4,9-10H2,1-3H3. The number of amides is 1. The summed E-state index contributed by atoms with van der Waals surface area (Å²) < 4.78 is 11.6. The van der Waals surface area contributed by atoms with Crippen LogP contribution in [-0.4, -0.2) is 41.4 Å². The van der Waals surface area contributed by atoms with Gasteiger partial charge in [0.1, 0.15) is 6.61 Å². The van der Waals surface area contributed by atoms with E-state index in [0.717, 1.165) is 11.5 Å². The van der Waals surface area contributed by atoms with Crippen molar-refractivity contribution in [1.29, 1.82) is 0 Å². The van der Waals surface area contributed by atoms with Gasteiger partial charge in [0.15, 0.2) is 17.6 Å². The molecule has 1 aromatic carbocycles. The van der Waals surface area contributed by atoms with Crippen molar-refractivity contribution in [2.75, 3.05) is 19.7 Å². The minimum Gasteiger partial charge on any atom is -0.486 e. The fraction of sp³-hybridized carbons (Fsp3) is 0.562. The Morgan fingerprint density at radius 1 is 1.38 bits per heavy atom. The van der Waals surface area contributed by atoms with Crippen molar-refractivity contribution in [1.82, 2.24) is 4.90 Å². The Bertz CT molecular complexity index is 492. The number of carbonyl (C=O) groups excluding carboxylic acids is 1. The Balaban J connectivity index is 1.99. The van der Waals surface area contributed by atoms with E-state index in [2.05, 4.69) is 15.9 Å². The number of alkyl halides is 1. The first-order valence-electron chi connectivity index (χ1n) is 7.34. The van der Waals surface area contributed by atoms with E-state index in [4.69, 9.17) is 9.47 Å². The lowest BCUT2D eigenvalue weighted by molar-refractivity contribution is -0.132. The van der Waals surface area contributed by atoms with Crippen LogP contribution in [0.15, 0.2) is 24.3 Å². The van der Waals surface area contributed by atoms with Gasteiger partial charge in [-0.25, -0.2) is 0 Å². The molecular formula is C16H22BrNO3. The van der Waals surface area contributed by atoms with Crippen LogP contribution in [0.2, 0.25) is 0 Å². The van der Waals surface area contributed by atoms with Crippen LogP contribution in [0.25, 0.3) is 0 Å². The van der Waals surface area contributed by atoms with Gasteiger partial charge >= 0.3 is 0 Å². The third-order valence-electron chi connectivity index (χ3n) is 3.51. The molecule has 0 saturated carbocycles. The van der Waals surface area contributed by atoms with Crippen molar-refractivity contribution in [3.05, 3.63) is 24.3 Å². The van der Waals surface area contributed by atoms with E-state index in [0.29, 0.717) is 19.7 Å². The lowest BCUT2D eigenvalue weighted by atomic mass is 10.1. The monoisotopic (exact) mass is 355 g/mol. The fourth-order valence-corrected chi connectivity index (χ4v) is 2.52. The van der Waals surface area contributed by atoms with E-state index < -0.39 is 0 Å². The van der Waals surface area contributed by atoms with Gasteiger partial charge in [-0.1, -0.05) is 41.9 Å². The molecule has 0 bridgehead atoms. The molecule has 0 fully saturated rings. The Kier molecular flexibility index (Phi) is 5.51. The maximum Gasteiger partial charge on any atom is 0.236 e. The number of carbonyl (C=O) groups is 1. The summed E-state index contributed by atoms with van der Waals surface area (Å²) in [7, 11) is 0. The molecule has 4 nitrogen and oxygen atoms in total. The summed E-state index contributed by atoms with van der Waals surface area (Å²) in [4.78, 5) is 14.1. The molecule has 0 N–H and O–H groups in total. The maximum absolute atomic E-state index is 12.4. The third-order valence-corrected chi connectivity index (χ3v) is 4.96. The van der Waals surface area contributed by atoms with E-state index in [1.54, 1.807) is 0 Å². The first kappa shape index (κ1) is 16.1. The molecule has 1 heterocycles. The van der Waals surface area contributed by atoms with Crippen LogP contribution in [0, 0.1) is 5.92 Å². The molecule has 1 aliphatic rings. The quantitative estimate of drug-likeness (QED) is 0.761. The number of ether oxygens (including phenoxy) is 2. The molecule has 2 unspecified atom stereocenters. The first-order valence-corrected chi connectivity index (χ1v) is 8.25. The Morgan fingerprint density at radius 2 is 2.05 bits per heavy atom. The molecular weight excluding hydrogens is 334 g/mol. The summed E-state index contributed by atoms with van der Waals surface area (Å²) in [6, 6.07) is 7.62. The van der Waals surface area contributed by atoms with Crippen LogP contribution in [0.1, 0.15) is 20.8 Å². The highest BCUT2D eigenvalue weighted by Gasteiger charge is 2.28. The van der Waals surface area contributed by atoms with Crippen molar-refractivity contribution in [3.63, 3.8) is 0 Å². The average molecular weight is 356 g/mol. The number of nitrogens with zero attached hydrogens (tertiary/aromatic N) is 1. The number of hydrogen-bond donors (Lipinski definition) is 0. The summed E-state index contributed by atoms with van der Waals surface area (Å²) in [5, 5.41) is 0. The van der Waals surface area contributed by atoms with Crippen LogP contribution < -0.4 is 9.47 Å². The van der Waals surface area contributed by atoms with Gasteiger partial charge in [0.2, 0.25) is 5.91 Å². The second-order valence-corrected chi connectivity index (χ2v) is 6.51. The normalized spacial score (nSPS) is 18.4. The molecule has 5 heteroatoms. The zero-order valence-corrected chi connectivity index (χ0v) is 14.3. The van der Waals surface area contributed by atoms with Gasteiger partial charge in [-0.2, -0.15) is 0 Å². The topological polar surface area (TPSA) is 38.8 Å². The molecule has 21 heavy (non-hydrogen) atoms. The van der Waals surface area contributed by atoms with Gasteiger partial charge < -0.3 is 14.4 Å². The molecule has 0 aliphatic carbocycles. The highest BCUT2D eigenvalue weighted by Crippen LogP contribution is 2.31. The minimum atomic E-state index is -0.158. The Labute approximate surface area is 134 Å². The molecule has 1 aliphatic heterocycles. The number of hydrogen-bond acceptors (Lipinski definition) is 3. The molecule has 116 valence electrons. The SMILES string of the molecule is CCN(CC1COc2ccccc2O1)C(=O)C(Br)C(C)C. The number of fused-ring (bicyclic) bond motifs is 1. The van der Waals surface area contributed by atoms with Crippen molar-refractivity contribution < 1.29 is 14.3 Å². The van der Waals surface area contributed by atoms with E-state index in [9.17, 15) is 4.79 Å². The van der Waals surface area contributed by atoms with Crippen molar-refractivity contribution >= 4 is 21.8 Å². The summed E-state index contributed by atoms with van der Waals surface area (Å²) in [6.07, 6.45) is -0.129. The van der Waals surface area contributed by atoms with Gasteiger partial charge in [0.05, 0.1) is 11.4 Å². The summed E-state index contributed by atoms with van der Waals surface area (Å²) >= 11 is 3.48. The highest BCUT2D eigenvalue weighted by molar-refractivity contribution is 9.10. The summed E-state index contributed by atoms with van der Waals surface area (Å²) in [6.45, 7) is 7.71. The van der Waals surface area contributed by atoms with Gasteiger partial charge in [-0.05, 0) is 25.0 Å². The van der Waals surface area contributed by atoms with Crippen LogP contribution in [-0.2, 0) is 4.79 Å². The number of halogens is 1. The van der Waals surface area contributed by atoms with Crippen LogP contribution >= 0.6 is 15.9 Å². The second kappa shape index (κ2) is 7.16. The predicted octanol–water partition coefficient (Wildman–Crippen LogP) is 3.09. The summed E-state index contributed by atoms with van der Waals surface area (Å²) in [5.74, 6) is 1.88. The molecule has 0 radical (unpaired) electrons. The van der Waals surface area contributed by atoms with Crippen molar-refractivity contribution in [2.24, 2.45) is 5.92 Å². The molecule has 2 atom stereocenters. The van der Waals surface area contributed by atoms with Gasteiger partial charge in [-0.15, -0.1) is 0 Å². The van der Waals surface area contributed by atoms with E-state index in [-0.39, 0.29) is 22.8 Å². The zero-order chi connectivity index (χ0) is 15.4. The largest absolute Gasteiger partial charge is 0.486 e. The zero-order valence-electron chi connectivity index (χ0n) is 12.7. The van der Waals surface area contributed by atoms with Gasteiger partial charge in [-0.3, -0.25) is 4.79 Å². The van der Waals surface area contributed by atoms with Gasteiger partial charge in [0, 0.05) is 6.54 Å². The molecule has 1 aromatic rings. The lowest BCUT2D eigenvalue weighted by Gasteiger charge is -2.32. The van der Waals surface area contributed by atoms with E-state index >= 15 is 0 Å². The number of rotatable bonds is 5. The predicted molar refractivity (Wildman–Crippen MR) is 86.2 cm³/mol. The summed E-state index contributed by atoms with van der Waals surface area (Å²) in [5.41, 5.74) is 0. The molecule has 0 spiro atoms. The number of likely N-dealkylation sites (N-methyl/N-ethyl adjacent to an activating group) is 1. The molecule has 0 saturated heterocycles. The number of para-hydroxylation sites is 2. The molecule has 0 aromatic heterocycles. The molecule has 2 rings (SSSR count). The van der Waals surface area contributed by atoms with Crippen molar-refractivity contribution in [3.8, 4) is 11.5 Å². The first-order chi connectivity index (χ1) is 10.0. The smallest absolute Gasteiger partial charge is 0.236 e. The van der Waals surface area contributed by atoms with Crippen LogP contribution in [0.3, 0.4) is 0 Å². The van der Waals surface area contributed by atoms with Crippen molar-refractivity contribution in [2.45, 2.75) is 31.7 Å². The Hall–Kier alpha value is -1.23. The van der Waals surface area contributed by atoms with Crippen LogP contribution in [0.4, 0.5) is 0 Å². The Morgan fingerprint density at radius 3 is 2.67 bits per heavy atom. The average Bonchev–Trinajstić information content (AvgIpc) is 2.50. The second-order valence-electron chi connectivity index (χ2n) is 5.52. The highest BCUT2D eigenvalue weighted by atomic mass is 79.9. The fourth-order valence-electron chi connectivity index (χ4n) is 2.23.